The molecule has 1 heterocycles. The second kappa shape index (κ2) is 5.85. The van der Waals surface area contributed by atoms with Crippen molar-refractivity contribution in [1.82, 2.24) is 9.97 Å². The number of carbonyl (C=O) groups excluding carboxylic acids is 1. The van der Waals surface area contributed by atoms with Gasteiger partial charge in [-0.3, -0.25) is 4.79 Å². The standard InChI is InChI=1S/C11H16N2OS/c1-4-5-10(14)7-15-11-12-8(2)6-9(3)13-11/h6H,4-5,7H2,1-3H3. The van der Waals surface area contributed by atoms with Gasteiger partial charge < -0.3 is 0 Å². The molecule has 0 saturated carbocycles. The summed E-state index contributed by atoms with van der Waals surface area (Å²) in [4.78, 5) is 19.8. The van der Waals surface area contributed by atoms with Crippen LogP contribution in [0, 0.1) is 13.8 Å². The maximum atomic E-state index is 11.3. The molecule has 0 aliphatic rings. The van der Waals surface area contributed by atoms with Crippen molar-refractivity contribution in [1.29, 1.82) is 0 Å². The van der Waals surface area contributed by atoms with E-state index in [-0.39, 0.29) is 5.78 Å². The summed E-state index contributed by atoms with van der Waals surface area (Å²) >= 11 is 1.43. The molecule has 0 bridgehead atoms. The summed E-state index contributed by atoms with van der Waals surface area (Å²) in [6.45, 7) is 5.88. The molecule has 0 unspecified atom stereocenters. The minimum absolute atomic E-state index is 0.269. The van der Waals surface area contributed by atoms with Crippen LogP contribution >= 0.6 is 11.8 Å². The summed E-state index contributed by atoms with van der Waals surface area (Å²) < 4.78 is 0. The van der Waals surface area contributed by atoms with Crippen LogP contribution in [0.25, 0.3) is 0 Å². The highest BCUT2D eigenvalue weighted by Crippen LogP contribution is 2.14. The highest BCUT2D eigenvalue weighted by Gasteiger charge is 2.04. The number of aromatic nitrogens is 2. The van der Waals surface area contributed by atoms with Gasteiger partial charge in [0.1, 0.15) is 5.78 Å². The molecule has 0 radical (unpaired) electrons. The maximum absolute atomic E-state index is 11.3. The van der Waals surface area contributed by atoms with Crippen LogP contribution in [0.2, 0.25) is 0 Å². The van der Waals surface area contributed by atoms with E-state index in [2.05, 4.69) is 9.97 Å². The Morgan fingerprint density at radius 3 is 2.47 bits per heavy atom. The minimum Gasteiger partial charge on any atom is -0.299 e. The zero-order valence-electron chi connectivity index (χ0n) is 9.41. The third kappa shape index (κ3) is 4.42. The number of aryl methyl sites for hydroxylation is 2. The summed E-state index contributed by atoms with van der Waals surface area (Å²) in [6.07, 6.45) is 1.56. The van der Waals surface area contributed by atoms with Crippen LogP contribution in [0.4, 0.5) is 0 Å². The molecule has 0 atom stereocenters. The molecule has 3 nitrogen and oxygen atoms in total. The molecule has 0 N–H and O–H groups in total. The molecular weight excluding hydrogens is 208 g/mol. The molecule has 1 aromatic rings. The molecule has 4 heteroatoms. The van der Waals surface area contributed by atoms with Gasteiger partial charge in [0.2, 0.25) is 0 Å². The number of thioether (sulfide) groups is 1. The lowest BCUT2D eigenvalue weighted by Crippen LogP contribution is -2.02. The average Bonchev–Trinajstić information content (AvgIpc) is 2.14. The highest BCUT2D eigenvalue weighted by molar-refractivity contribution is 7.99. The number of nitrogens with zero attached hydrogens (tertiary/aromatic N) is 2. The van der Waals surface area contributed by atoms with Crippen molar-refractivity contribution in [3.63, 3.8) is 0 Å². The van der Waals surface area contributed by atoms with Crippen LogP contribution in [-0.2, 0) is 4.79 Å². The third-order valence-electron chi connectivity index (χ3n) is 1.85. The Morgan fingerprint density at radius 1 is 1.33 bits per heavy atom. The van der Waals surface area contributed by atoms with Crippen LogP contribution in [0.1, 0.15) is 31.2 Å². The fraction of sp³-hybridized carbons (Fsp3) is 0.545. The van der Waals surface area contributed by atoms with Gasteiger partial charge in [0.25, 0.3) is 0 Å². The Kier molecular flexibility index (Phi) is 4.75. The molecule has 0 fully saturated rings. The molecule has 0 spiro atoms. The molecule has 0 aromatic carbocycles. The van der Waals surface area contributed by atoms with E-state index in [1.165, 1.54) is 11.8 Å². The van der Waals surface area contributed by atoms with E-state index in [0.717, 1.165) is 17.8 Å². The molecule has 0 amide bonds. The van der Waals surface area contributed by atoms with Gasteiger partial charge in [-0.15, -0.1) is 0 Å². The van der Waals surface area contributed by atoms with E-state index >= 15 is 0 Å². The lowest BCUT2D eigenvalue weighted by Gasteiger charge is -2.01. The van der Waals surface area contributed by atoms with E-state index in [4.69, 9.17) is 0 Å². The Hall–Kier alpha value is -0.900. The predicted molar refractivity (Wildman–Crippen MR) is 62.1 cm³/mol. The highest BCUT2D eigenvalue weighted by atomic mass is 32.2. The first-order chi connectivity index (χ1) is 7.11. The molecule has 0 saturated heterocycles. The smallest absolute Gasteiger partial charge is 0.188 e. The number of rotatable bonds is 5. The number of hydrogen-bond donors (Lipinski definition) is 0. The topological polar surface area (TPSA) is 42.9 Å². The van der Waals surface area contributed by atoms with Crippen molar-refractivity contribution in [2.75, 3.05) is 5.75 Å². The monoisotopic (exact) mass is 224 g/mol. The van der Waals surface area contributed by atoms with Gasteiger partial charge >= 0.3 is 0 Å². The number of hydrogen-bond acceptors (Lipinski definition) is 4. The SMILES string of the molecule is CCCC(=O)CSc1nc(C)cc(C)n1. The average molecular weight is 224 g/mol. The fourth-order valence-corrected chi connectivity index (χ4v) is 2.11. The van der Waals surface area contributed by atoms with Gasteiger partial charge in [-0.05, 0) is 26.3 Å². The maximum Gasteiger partial charge on any atom is 0.188 e. The van der Waals surface area contributed by atoms with Crippen LogP contribution < -0.4 is 0 Å². The summed E-state index contributed by atoms with van der Waals surface area (Å²) in [5.74, 6) is 0.752. The first-order valence-corrected chi connectivity index (χ1v) is 6.07. The van der Waals surface area contributed by atoms with Crippen LogP contribution in [-0.4, -0.2) is 21.5 Å². The van der Waals surface area contributed by atoms with E-state index in [9.17, 15) is 4.79 Å². The molecule has 0 aliphatic carbocycles. The summed E-state index contributed by atoms with van der Waals surface area (Å²) in [7, 11) is 0. The zero-order chi connectivity index (χ0) is 11.3. The summed E-state index contributed by atoms with van der Waals surface area (Å²) in [5.41, 5.74) is 1.90. The van der Waals surface area contributed by atoms with Crippen LogP contribution in [0.5, 0.6) is 0 Å². The fourth-order valence-electron chi connectivity index (χ4n) is 1.25. The Morgan fingerprint density at radius 2 is 1.93 bits per heavy atom. The largest absolute Gasteiger partial charge is 0.299 e. The number of Topliss-reactive ketones (excluding diaryl/α,β-unsaturated/α-hetero) is 1. The van der Waals surface area contributed by atoms with Crippen molar-refractivity contribution in [3.8, 4) is 0 Å². The van der Waals surface area contributed by atoms with Crippen LogP contribution in [0.15, 0.2) is 11.2 Å². The van der Waals surface area contributed by atoms with Gasteiger partial charge in [-0.25, -0.2) is 9.97 Å². The van der Waals surface area contributed by atoms with E-state index < -0.39 is 0 Å². The van der Waals surface area contributed by atoms with Gasteiger partial charge in [-0.1, -0.05) is 18.7 Å². The molecule has 0 aliphatic heterocycles. The first kappa shape index (κ1) is 12.2. The molecule has 1 aromatic heterocycles. The normalized spacial score (nSPS) is 10.3. The van der Waals surface area contributed by atoms with Crippen molar-refractivity contribution in [2.24, 2.45) is 0 Å². The lowest BCUT2D eigenvalue weighted by molar-refractivity contribution is -0.116. The third-order valence-corrected chi connectivity index (χ3v) is 2.76. The quantitative estimate of drug-likeness (QED) is 0.569. The Labute approximate surface area is 94.7 Å². The Bertz CT molecular complexity index is 332. The van der Waals surface area contributed by atoms with Gasteiger partial charge in [0.05, 0.1) is 5.75 Å². The molecule has 1 rings (SSSR count). The number of carbonyl (C=O) groups is 1. The minimum atomic E-state index is 0.269. The van der Waals surface area contributed by atoms with Crippen molar-refractivity contribution < 1.29 is 4.79 Å². The van der Waals surface area contributed by atoms with E-state index in [1.54, 1.807) is 0 Å². The predicted octanol–water partition coefficient (Wildman–Crippen LogP) is 2.55. The molecule has 82 valence electrons. The summed E-state index contributed by atoms with van der Waals surface area (Å²) in [5, 5.41) is 0.706. The molecular formula is C11H16N2OS. The first-order valence-electron chi connectivity index (χ1n) is 5.08. The van der Waals surface area contributed by atoms with Gasteiger partial charge in [0, 0.05) is 17.8 Å². The second-order valence-corrected chi connectivity index (χ2v) is 4.45. The van der Waals surface area contributed by atoms with Crippen molar-refractivity contribution in [3.05, 3.63) is 17.5 Å². The van der Waals surface area contributed by atoms with E-state index in [1.807, 2.05) is 26.8 Å². The number of ketones is 1. The summed E-state index contributed by atoms with van der Waals surface area (Å²) in [6, 6.07) is 1.93. The zero-order valence-corrected chi connectivity index (χ0v) is 10.2. The Balaban J connectivity index is 2.54. The molecule has 15 heavy (non-hydrogen) atoms. The van der Waals surface area contributed by atoms with Crippen molar-refractivity contribution in [2.45, 2.75) is 38.8 Å². The lowest BCUT2D eigenvalue weighted by atomic mass is 10.3. The van der Waals surface area contributed by atoms with E-state index in [0.29, 0.717) is 17.3 Å². The van der Waals surface area contributed by atoms with Crippen molar-refractivity contribution >= 4 is 17.5 Å². The van der Waals surface area contributed by atoms with Gasteiger partial charge in [-0.2, -0.15) is 0 Å². The van der Waals surface area contributed by atoms with Crippen LogP contribution in [0.3, 0.4) is 0 Å². The van der Waals surface area contributed by atoms with Gasteiger partial charge in [0.15, 0.2) is 5.16 Å². The second-order valence-electron chi connectivity index (χ2n) is 3.51.